The summed E-state index contributed by atoms with van der Waals surface area (Å²) in [6.45, 7) is 2.51. The number of aromatic nitrogens is 1. The fourth-order valence-electron chi connectivity index (χ4n) is 2.64. The lowest BCUT2D eigenvalue weighted by molar-refractivity contribution is 0.0950. The normalized spacial score (nSPS) is 18.4. The van der Waals surface area contributed by atoms with Gasteiger partial charge in [0.1, 0.15) is 12.0 Å². The third-order valence-corrected chi connectivity index (χ3v) is 3.86. The maximum atomic E-state index is 12.0. The largest absolute Gasteiger partial charge is 0.364 e. The molecule has 2 heterocycles. The fourth-order valence-corrected chi connectivity index (χ4v) is 2.64. The van der Waals surface area contributed by atoms with Gasteiger partial charge in [0.05, 0.1) is 6.54 Å². The number of nitrogens with zero attached hydrogens (tertiary/aromatic N) is 1. The number of rotatable bonds is 4. The van der Waals surface area contributed by atoms with E-state index in [0.717, 1.165) is 13.1 Å². The van der Waals surface area contributed by atoms with E-state index in [9.17, 15) is 4.79 Å². The molecule has 2 N–H and O–H groups in total. The second-order valence-electron chi connectivity index (χ2n) is 5.34. The molecule has 0 unspecified atom stereocenters. The van der Waals surface area contributed by atoms with Crippen molar-refractivity contribution in [3.63, 3.8) is 0 Å². The second kappa shape index (κ2) is 6.54. The van der Waals surface area contributed by atoms with E-state index < -0.39 is 0 Å². The van der Waals surface area contributed by atoms with Crippen LogP contribution in [0.5, 0.6) is 0 Å². The molecule has 21 heavy (non-hydrogen) atoms. The van der Waals surface area contributed by atoms with Gasteiger partial charge in [-0.2, -0.15) is 0 Å². The Morgan fingerprint density at radius 3 is 2.86 bits per heavy atom. The molecule has 1 atom stereocenters. The minimum absolute atomic E-state index is 0.0914. The molecule has 0 bridgehead atoms. The van der Waals surface area contributed by atoms with Crippen LogP contribution in [0.2, 0.25) is 0 Å². The first-order chi connectivity index (χ1) is 10.3. The van der Waals surface area contributed by atoms with Crippen molar-refractivity contribution >= 4 is 5.91 Å². The molecule has 0 spiro atoms. The van der Waals surface area contributed by atoms with Crippen LogP contribution in [0, 0.1) is 0 Å². The van der Waals surface area contributed by atoms with Crippen molar-refractivity contribution in [2.75, 3.05) is 13.1 Å². The number of nitrogens with one attached hydrogen (secondary N) is 2. The van der Waals surface area contributed by atoms with Gasteiger partial charge in [0, 0.05) is 18.2 Å². The molecule has 3 rings (SSSR count). The molecule has 5 nitrogen and oxygen atoms in total. The molecule has 0 aliphatic carbocycles. The average molecular weight is 285 g/mol. The molecular weight excluding hydrogens is 266 g/mol. The van der Waals surface area contributed by atoms with Crippen LogP contribution in [0.4, 0.5) is 0 Å². The number of benzene rings is 1. The lowest BCUT2D eigenvalue weighted by Gasteiger charge is -2.23. The van der Waals surface area contributed by atoms with Crippen molar-refractivity contribution in [2.24, 2.45) is 0 Å². The highest BCUT2D eigenvalue weighted by molar-refractivity contribution is 5.94. The lowest BCUT2D eigenvalue weighted by Crippen LogP contribution is -2.28. The van der Waals surface area contributed by atoms with Gasteiger partial charge < -0.3 is 15.2 Å². The van der Waals surface area contributed by atoms with Crippen molar-refractivity contribution in [1.82, 2.24) is 15.8 Å². The number of hydrogen-bond donors (Lipinski definition) is 2. The van der Waals surface area contributed by atoms with Crippen molar-refractivity contribution in [2.45, 2.75) is 25.3 Å². The Morgan fingerprint density at radius 1 is 1.33 bits per heavy atom. The molecule has 5 heteroatoms. The van der Waals surface area contributed by atoms with E-state index in [-0.39, 0.29) is 5.91 Å². The quantitative estimate of drug-likeness (QED) is 0.902. The van der Waals surface area contributed by atoms with E-state index in [1.165, 1.54) is 24.7 Å². The van der Waals surface area contributed by atoms with Gasteiger partial charge in [-0.05, 0) is 43.0 Å². The van der Waals surface area contributed by atoms with Crippen LogP contribution in [0.3, 0.4) is 0 Å². The van der Waals surface area contributed by atoms with E-state index in [1.54, 1.807) is 6.07 Å². The van der Waals surface area contributed by atoms with Gasteiger partial charge in [-0.3, -0.25) is 4.79 Å². The van der Waals surface area contributed by atoms with Gasteiger partial charge in [0.25, 0.3) is 5.91 Å². The molecule has 1 amide bonds. The Bertz CT molecular complexity index is 572. The van der Waals surface area contributed by atoms with Crippen LogP contribution >= 0.6 is 0 Å². The smallest absolute Gasteiger partial charge is 0.251 e. The third kappa shape index (κ3) is 3.49. The zero-order chi connectivity index (χ0) is 14.5. The monoisotopic (exact) mass is 285 g/mol. The van der Waals surface area contributed by atoms with E-state index in [1.807, 2.05) is 12.1 Å². The second-order valence-corrected chi connectivity index (χ2v) is 5.34. The highest BCUT2D eigenvalue weighted by Crippen LogP contribution is 2.23. The molecule has 0 radical (unpaired) electrons. The van der Waals surface area contributed by atoms with Crippen molar-refractivity contribution in [3.05, 3.63) is 53.4 Å². The van der Waals surface area contributed by atoms with E-state index in [4.69, 9.17) is 4.52 Å². The van der Waals surface area contributed by atoms with Crippen LogP contribution in [-0.2, 0) is 6.54 Å². The molecule has 1 aliphatic heterocycles. The Hall–Kier alpha value is -2.14. The van der Waals surface area contributed by atoms with E-state index >= 15 is 0 Å². The van der Waals surface area contributed by atoms with Crippen LogP contribution in [0.25, 0.3) is 0 Å². The summed E-state index contributed by atoms with van der Waals surface area (Å²) < 4.78 is 4.73. The van der Waals surface area contributed by atoms with Crippen LogP contribution in [0.15, 0.2) is 41.1 Å². The van der Waals surface area contributed by atoms with Gasteiger partial charge >= 0.3 is 0 Å². The number of piperidine rings is 1. The molecule has 1 fully saturated rings. The minimum Gasteiger partial charge on any atom is -0.364 e. The van der Waals surface area contributed by atoms with Crippen molar-refractivity contribution in [1.29, 1.82) is 0 Å². The van der Waals surface area contributed by atoms with Gasteiger partial charge in [0.2, 0.25) is 0 Å². The Kier molecular flexibility index (Phi) is 4.31. The molecule has 1 aromatic heterocycles. The first-order valence-electron chi connectivity index (χ1n) is 7.31. The molecule has 110 valence electrons. The Morgan fingerprint density at radius 2 is 2.19 bits per heavy atom. The molecule has 1 saturated heterocycles. The van der Waals surface area contributed by atoms with Gasteiger partial charge in [0.15, 0.2) is 0 Å². The topological polar surface area (TPSA) is 67.2 Å². The van der Waals surface area contributed by atoms with Gasteiger partial charge in [-0.15, -0.1) is 0 Å². The molecule has 1 aliphatic rings. The summed E-state index contributed by atoms with van der Waals surface area (Å²) >= 11 is 0. The zero-order valence-electron chi connectivity index (χ0n) is 11.8. The van der Waals surface area contributed by atoms with Crippen molar-refractivity contribution < 1.29 is 9.32 Å². The summed E-state index contributed by atoms with van der Waals surface area (Å²) in [6, 6.07) is 9.63. The van der Waals surface area contributed by atoms with Crippen LogP contribution < -0.4 is 10.6 Å². The minimum atomic E-state index is -0.0914. The summed E-state index contributed by atoms with van der Waals surface area (Å²) in [6.07, 6.45) is 3.92. The number of amides is 1. The lowest BCUT2D eigenvalue weighted by atomic mass is 9.91. The molecule has 0 saturated carbocycles. The standard InChI is InChI=1S/C16H19N3O2/c20-16(18-11-15-7-9-21-19-15)13-5-3-12(4-6-13)14-2-1-8-17-10-14/h3-7,9,14,17H,1-2,8,10-11H2,(H,18,20)/t14-/m0/s1. The van der Waals surface area contributed by atoms with Crippen LogP contribution in [-0.4, -0.2) is 24.2 Å². The molecule has 2 aromatic rings. The van der Waals surface area contributed by atoms with Crippen LogP contribution in [0.1, 0.15) is 40.4 Å². The summed E-state index contributed by atoms with van der Waals surface area (Å²) in [4.78, 5) is 12.0. The molecular formula is C16H19N3O2. The fraction of sp³-hybridized carbons (Fsp3) is 0.375. The number of hydrogen-bond acceptors (Lipinski definition) is 4. The first-order valence-corrected chi connectivity index (χ1v) is 7.31. The van der Waals surface area contributed by atoms with E-state index in [2.05, 4.69) is 27.9 Å². The van der Waals surface area contributed by atoms with E-state index in [0.29, 0.717) is 23.7 Å². The third-order valence-electron chi connectivity index (χ3n) is 3.86. The van der Waals surface area contributed by atoms with Crippen molar-refractivity contribution in [3.8, 4) is 0 Å². The molecule has 1 aromatic carbocycles. The predicted molar refractivity (Wildman–Crippen MR) is 79.0 cm³/mol. The summed E-state index contributed by atoms with van der Waals surface area (Å²) in [5, 5.41) is 10.00. The maximum absolute atomic E-state index is 12.0. The maximum Gasteiger partial charge on any atom is 0.251 e. The summed E-state index contributed by atoms with van der Waals surface area (Å²) in [5.41, 5.74) is 2.69. The van der Waals surface area contributed by atoms with Gasteiger partial charge in [-0.1, -0.05) is 17.3 Å². The first kappa shape index (κ1) is 13.8. The number of carbonyl (C=O) groups is 1. The summed E-state index contributed by atoms with van der Waals surface area (Å²) in [5.74, 6) is 0.470. The highest BCUT2D eigenvalue weighted by Gasteiger charge is 2.15. The van der Waals surface area contributed by atoms with Gasteiger partial charge in [-0.25, -0.2) is 0 Å². The average Bonchev–Trinajstić information content (AvgIpc) is 3.07. The Labute approximate surface area is 123 Å². The Balaban J connectivity index is 1.59. The SMILES string of the molecule is O=C(NCc1ccon1)c1ccc([C@H]2CCCNC2)cc1. The predicted octanol–water partition coefficient (Wildman–Crippen LogP) is 2.07. The number of carbonyl (C=O) groups excluding carboxylic acids is 1. The zero-order valence-corrected chi connectivity index (χ0v) is 11.8. The summed E-state index contributed by atoms with van der Waals surface area (Å²) in [7, 11) is 0. The highest BCUT2D eigenvalue weighted by atomic mass is 16.5.